The molecule has 22 heavy (non-hydrogen) atoms. The van der Waals surface area contributed by atoms with Gasteiger partial charge in [-0.15, -0.1) is 0 Å². The number of nitrogens with zero attached hydrogens (tertiary/aromatic N) is 1. The van der Waals surface area contributed by atoms with Crippen LogP contribution in [0.4, 0.5) is 0 Å². The monoisotopic (exact) mass is 295 g/mol. The second kappa shape index (κ2) is 6.41. The van der Waals surface area contributed by atoms with Crippen LogP contribution in [0.3, 0.4) is 0 Å². The zero-order valence-corrected chi connectivity index (χ0v) is 12.0. The fourth-order valence-corrected chi connectivity index (χ4v) is 2.44. The van der Waals surface area contributed by atoms with Crippen LogP contribution >= 0.6 is 0 Å². The minimum Gasteiger partial charge on any atom is -0.478 e. The summed E-state index contributed by atoms with van der Waals surface area (Å²) in [5.74, 6) is 0.0369. The molecule has 0 fully saturated rings. The van der Waals surface area contributed by atoms with E-state index in [9.17, 15) is 4.79 Å². The molecule has 3 rings (SSSR count). The van der Waals surface area contributed by atoms with Crippen molar-refractivity contribution in [2.75, 3.05) is 6.54 Å². The number of carboxylic acids is 1. The van der Waals surface area contributed by atoms with Gasteiger partial charge in [0.25, 0.3) is 0 Å². The molecule has 0 aliphatic rings. The maximum atomic E-state index is 11.1. The highest BCUT2D eigenvalue weighted by Crippen LogP contribution is 2.11. The Balaban J connectivity index is 1.56. The lowest BCUT2D eigenvalue weighted by Gasteiger charge is -2.07. The van der Waals surface area contributed by atoms with Crippen LogP contribution in [-0.2, 0) is 13.0 Å². The van der Waals surface area contributed by atoms with E-state index in [1.807, 2.05) is 36.4 Å². The van der Waals surface area contributed by atoms with Crippen LogP contribution in [0.5, 0.6) is 0 Å². The number of aromatic nitrogens is 2. The Labute approximate surface area is 128 Å². The molecule has 5 heteroatoms. The molecule has 0 amide bonds. The molecule has 0 aliphatic carbocycles. The quantitative estimate of drug-likeness (QED) is 0.611. The normalized spacial score (nSPS) is 10.9. The number of benzene rings is 2. The molecule has 1 heterocycles. The summed E-state index contributed by atoms with van der Waals surface area (Å²) < 4.78 is 0. The van der Waals surface area contributed by atoms with E-state index in [2.05, 4.69) is 15.3 Å². The van der Waals surface area contributed by atoms with Crippen LogP contribution in [0.15, 0.2) is 48.5 Å². The summed E-state index contributed by atoms with van der Waals surface area (Å²) >= 11 is 0. The number of imidazole rings is 1. The van der Waals surface area contributed by atoms with Crippen LogP contribution < -0.4 is 5.32 Å². The predicted molar refractivity (Wildman–Crippen MR) is 84.9 cm³/mol. The first-order chi connectivity index (χ1) is 10.7. The third kappa shape index (κ3) is 3.15. The van der Waals surface area contributed by atoms with E-state index in [0.29, 0.717) is 12.1 Å². The highest BCUT2D eigenvalue weighted by molar-refractivity contribution is 5.89. The largest absolute Gasteiger partial charge is 0.478 e. The number of rotatable bonds is 6. The van der Waals surface area contributed by atoms with Gasteiger partial charge in [0.15, 0.2) is 0 Å². The van der Waals surface area contributed by atoms with Crippen molar-refractivity contribution >= 4 is 17.0 Å². The van der Waals surface area contributed by atoms with Gasteiger partial charge in [0.05, 0.1) is 16.6 Å². The van der Waals surface area contributed by atoms with Gasteiger partial charge in [0.1, 0.15) is 5.82 Å². The van der Waals surface area contributed by atoms with Crippen molar-refractivity contribution in [1.29, 1.82) is 0 Å². The molecule has 0 spiro atoms. The Kier molecular flexibility index (Phi) is 4.16. The Morgan fingerprint density at radius 1 is 1.14 bits per heavy atom. The Bertz CT molecular complexity index is 762. The van der Waals surface area contributed by atoms with Gasteiger partial charge < -0.3 is 15.4 Å². The first-order valence-electron chi connectivity index (χ1n) is 7.19. The molecule has 112 valence electrons. The molecule has 0 atom stereocenters. The number of H-pyrrole nitrogens is 1. The SMILES string of the molecule is O=C(O)c1ccccc1CNCCc1nc2ccccc2[nH]1. The van der Waals surface area contributed by atoms with Gasteiger partial charge in [0.2, 0.25) is 0 Å². The molecule has 1 aromatic heterocycles. The van der Waals surface area contributed by atoms with Crippen molar-refractivity contribution < 1.29 is 9.90 Å². The van der Waals surface area contributed by atoms with Crippen LogP contribution in [0.2, 0.25) is 0 Å². The van der Waals surface area contributed by atoms with E-state index in [0.717, 1.165) is 35.4 Å². The number of aromatic carboxylic acids is 1. The summed E-state index contributed by atoms with van der Waals surface area (Å²) in [6, 6.07) is 15.0. The average Bonchev–Trinajstić information content (AvgIpc) is 2.94. The van der Waals surface area contributed by atoms with Gasteiger partial charge in [-0.25, -0.2) is 9.78 Å². The van der Waals surface area contributed by atoms with Crippen molar-refractivity contribution in [3.63, 3.8) is 0 Å². The summed E-state index contributed by atoms with van der Waals surface area (Å²) in [6.45, 7) is 1.26. The third-order valence-electron chi connectivity index (χ3n) is 3.54. The summed E-state index contributed by atoms with van der Waals surface area (Å²) in [7, 11) is 0. The van der Waals surface area contributed by atoms with Gasteiger partial charge in [-0.05, 0) is 23.8 Å². The maximum Gasteiger partial charge on any atom is 0.336 e. The number of hydrogen-bond acceptors (Lipinski definition) is 3. The summed E-state index contributed by atoms with van der Waals surface area (Å²) in [5, 5.41) is 12.4. The van der Waals surface area contributed by atoms with Crippen LogP contribution in [-0.4, -0.2) is 27.6 Å². The number of carbonyl (C=O) groups is 1. The minimum atomic E-state index is -0.894. The lowest BCUT2D eigenvalue weighted by Crippen LogP contribution is -2.19. The van der Waals surface area contributed by atoms with E-state index in [4.69, 9.17) is 5.11 Å². The van der Waals surface area contributed by atoms with Crippen molar-refractivity contribution in [3.05, 3.63) is 65.5 Å². The molecule has 5 nitrogen and oxygen atoms in total. The highest BCUT2D eigenvalue weighted by Gasteiger charge is 2.08. The molecule has 3 aromatic rings. The van der Waals surface area contributed by atoms with Crippen LogP contribution in [0, 0.1) is 0 Å². The topological polar surface area (TPSA) is 78.0 Å². The van der Waals surface area contributed by atoms with Gasteiger partial charge in [-0.2, -0.15) is 0 Å². The standard InChI is InChI=1S/C17H17N3O2/c21-17(22)13-6-2-1-5-12(13)11-18-10-9-16-19-14-7-3-4-8-15(14)20-16/h1-8,18H,9-11H2,(H,19,20)(H,21,22). The zero-order chi connectivity index (χ0) is 15.4. The maximum absolute atomic E-state index is 11.1. The predicted octanol–water partition coefficient (Wildman–Crippen LogP) is 2.59. The molecular weight excluding hydrogens is 278 g/mol. The molecule has 2 aromatic carbocycles. The zero-order valence-electron chi connectivity index (χ0n) is 12.0. The number of fused-ring (bicyclic) bond motifs is 1. The molecule has 0 saturated heterocycles. The third-order valence-corrected chi connectivity index (χ3v) is 3.54. The Morgan fingerprint density at radius 3 is 2.73 bits per heavy atom. The number of aromatic amines is 1. The Hall–Kier alpha value is -2.66. The highest BCUT2D eigenvalue weighted by atomic mass is 16.4. The van der Waals surface area contributed by atoms with Crippen molar-refractivity contribution in [3.8, 4) is 0 Å². The Morgan fingerprint density at radius 2 is 1.91 bits per heavy atom. The van der Waals surface area contributed by atoms with Gasteiger partial charge in [-0.1, -0.05) is 30.3 Å². The van der Waals surface area contributed by atoms with Gasteiger partial charge in [0, 0.05) is 19.5 Å². The molecule has 0 unspecified atom stereocenters. The smallest absolute Gasteiger partial charge is 0.336 e. The molecular formula is C17H17N3O2. The van der Waals surface area contributed by atoms with E-state index >= 15 is 0 Å². The minimum absolute atomic E-state index is 0.346. The van der Waals surface area contributed by atoms with E-state index in [1.54, 1.807) is 12.1 Å². The average molecular weight is 295 g/mol. The summed E-state index contributed by atoms with van der Waals surface area (Å²) in [5.41, 5.74) is 3.14. The molecule has 0 aliphatic heterocycles. The molecule has 0 saturated carbocycles. The number of nitrogens with one attached hydrogen (secondary N) is 2. The van der Waals surface area contributed by atoms with E-state index in [1.165, 1.54) is 0 Å². The van der Waals surface area contributed by atoms with Crippen molar-refractivity contribution in [2.24, 2.45) is 0 Å². The van der Waals surface area contributed by atoms with E-state index in [-0.39, 0.29) is 0 Å². The first kappa shape index (κ1) is 14.3. The van der Waals surface area contributed by atoms with Crippen LogP contribution in [0.25, 0.3) is 11.0 Å². The van der Waals surface area contributed by atoms with Gasteiger partial charge in [-0.3, -0.25) is 0 Å². The van der Waals surface area contributed by atoms with E-state index < -0.39 is 5.97 Å². The summed E-state index contributed by atoms with van der Waals surface area (Å²) in [6.07, 6.45) is 0.768. The molecule has 0 bridgehead atoms. The van der Waals surface area contributed by atoms with Crippen LogP contribution in [0.1, 0.15) is 21.7 Å². The summed E-state index contributed by atoms with van der Waals surface area (Å²) in [4.78, 5) is 18.9. The lowest BCUT2D eigenvalue weighted by molar-refractivity contribution is 0.0695. The fraction of sp³-hybridized carbons (Fsp3) is 0.176. The first-order valence-corrected chi connectivity index (χ1v) is 7.19. The lowest BCUT2D eigenvalue weighted by atomic mass is 10.1. The second-order valence-corrected chi connectivity index (χ2v) is 5.09. The molecule has 3 N–H and O–H groups in total. The molecule has 0 radical (unpaired) electrons. The number of para-hydroxylation sites is 2. The second-order valence-electron chi connectivity index (χ2n) is 5.09. The number of carboxylic acid groups (broad SMARTS) is 1. The number of hydrogen-bond donors (Lipinski definition) is 3. The fourth-order valence-electron chi connectivity index (χ4n) is 2.44. The van der Waals surface area contributed by atoms with Crippen molar-refractivity contribution in [2.45, 2.75) is 13.0 Å². The van der Waals surface area contributed by atoms with Crippen molar-refractivity contribution in [1.82, 2.24) is 15.3 Å². The van der Waals surface area contributed by atoms with Gasteiger partial charge >= 0.3 is 5.97 Å².